The summed E-state index contributed by atoms with van der Waals surface area (Å²) in [5.41, 5.74) is 2.87. The van der Waals surface area contributed by atoms with Crippen molar-refractivity contribution < 1.29 is 33.1 Å². The molecule has 16 heteroatoms. The van der Waals surface area contributed by atoms with Gasteiger partial charge in [0, 0.05) is 29.6 Å². The number of amides is 2. The minimum atomic E-state index is -1.03. The third-order valence-corrected chi connectivity index (χ3v) is 11.8. The molecule has 0 unspecified atom stereocenters. The SMILES string of the molecule is COc1ccc(COC(=O)C2=C(CCl)CS[C@@H]3[C@H](NC(=O)/C(=N\OCCCF)c4nsc(NC(c5ccccc5)(c5ccccc5)c5ccccc5)n4)C(=O)N23)cc1. The smallest absolute Gasteiger partial charge is 0.355 e. The molecule has 2 atom stereocenters. The Morgan fingerprint density at radius 2 is 1.57 bits per heavy atom. The number of hydrogen-bond donors (Lipinski definition) is 2. The molecule has 1 aromatic heterocycles. The Bertz CT molecular complexity index is 2190. The quantitative estimate of drug-likeness (QED) is 0.0198. The zero-order valence-electron chi connectivity index (χ0n) is 31.2. The van der Waals surface area contributed by atoms with Gasteiger partial charge in [-0.3, -0.25) is 18.9 Å². The van der Waals surface area contributed by atoms with Crippen molar-refractivity contribution in [2.75, 3.05) is 37.3 Å². The van der Waals surface area contributed by atoms with Gasteiger partial charge in [-0.1, -0.05) is 108 Å². The van der Waals surface area contributed by atoms with Gasteiger partial charge in [-0.15, -0.1) is 23.4 Å². The van der Waals surface area contributed by atoms with E-state index in [-0.39, 0.29) is 42.7 Å². The molecule has 2 N–H and O–H groups in total. The molecule has 2 aliphatic rings. The monoisotopic (exact) mass is 840 g/mol. The molecule has 0 saturated carbocycles. The van der Waals surface area contributed by atoms with Gasteiger partial charge in [0.1, 0.15) is 41.6 Å². The van der Waals surface area contributed by atoms with Crippen molar-refractivity contribution in [1.82, 2.24) is 19.6 Å². The first-order valence-corrected chi connectivity index (χ1v) is 20.6. The highest BCUT2D eigenvalue weighted by molar-refractivity contribution is 8.00. The van der Waals surface area contributed by atoms with Crippen LogP contribution in [0.4, 0.5) is 9.52 Å². The number of β-lactam (4-membered cyclic amide) rings is 1. The third-order valence-electron chi connectivity index (χ3n) is 9.51. The molecule has 7 rings (SSSR count). The second kappa shape index (κ2) is 18.7. The number of methoxy groups -OCH3 is 1. The zero-order valence-corrected chi connectivity index (χ0v) is 33.6. The fourth-order valence-corrected chi connectivity index (χ4v) is 8.95. The summed E-state index contributed by atoms with van der Waals surface area (Å²) in [6.45, 7) is -0.788. The highest BCUT2D eigenvalue weighted by Gasteiger charge is 2.54. The highest BCUT2D eigenvalue weighted by Crippen LogP contribution is 2.42. The van der Waals surface area contributed by atoms with Crippen LogP contribution in [0.5, 0.6) is 5.75 Å². The maximum atomic E-state index is 14.0. The second-order valence-corrected chi connectivity index (χ2v) is 15.2. The van der Waals surface area contributed by atoms with E-state index < -0.39 is 41.4 Å². The number of aromatic nitrogens is 2. The third kappa shape index (κ3) is 8.42. The molecule has 0 aliphatic carbocycles. The number of rotatable bonds is 17. The molecule has 1 saturated heterocycles. The maximum Gasteiger partial charge on any atom is 0.355 e. The number of anilines is 1. The van der Waals surface area contributed by atoms with E-state index >= 15 is 0 Å². The van der Waals surface area contributed by atoms with Crippen molar-refractivity contribution in [2.24, 2.45) is 5.16 Å². The Balaban J connectivity index is 1.13. The van der Waals surface area contributed by atoms with Crippen LogP contribution in [-0.4, -0.2) is 81.2 Å². The predicted molar refractivity (Wildman–Crippen MR) is 221 cm³/mol. The van der Waals surface area contributed by atoms with Gasteiger partial charge in [-0.25, -0.2) is 4.79 Å². The van der Waals surface area contributed by atoms with Gasteiger partial charge in [0.15, 0.2) is 0 Å². The van der Waals surface area contributed by atoms with Crippen molar-refractivity contribution in [2.45, 2.75) is 30.0 Å². The van der Waals surface area contributed by atoms with Crippen molar-refractivity contribution in [3.63, 3.8) is 0 Å². The van der Waals surface area contributed by atoms with E-state index in [0.717, 1.165) is 33.8 Å². The molecule has 0 bridgehead atoms. The number of thioether (sulfide) groups is 1. The molecule has 0 radical (unpaired) electrons. The Kier molecular flexibility index (Phi) is 13.0. The summed E-state index contributed by atoms with van der Waals surface area (Å²) in [5, 5.41) is 10.1. The minimum Gasteiger partial charge on any atom is -0.497 e. The van der Waals surface area contributed by atoms with Crippen LogP contribution in [0.15, 0.2) is 132 Å². The van der Waals surface area contributed by atoms with E-state index in [2.05, 4.69) is 20.2 Å². The standard InChI is InChI=1S/C42H38ClFN6O6S2/c1-54-32-20-18-27(19-21-32)25-55-40(53)35-28(24-43)26-57-39-34(38(52)50(35)39)45-37(51)33(48-56-23-11-22-44)36-46-41(58-49-36)47-42(29-12-5-2-6-13-29,30-14-7-3-8-15-30)31-16-9-4-10-17-31/h2-10,12-21,34,39H,11,22-26H2,1H3,(H,45,51)(H,46,47,49)/b48-33-/t34-,39-/m1/s1. The predicted octanol–water partition coefficient (Wildman–Crippen LogP) is 6.67. The van der Waals surface area contributed by atoms with Crippen molar-refractivity contribution in [3.05, 3.63) is 155 Å². The van der Waals surface area contributed by atoms with Crippen LogP contribution in [0.25, 0.3) is 0 Å². The number of alkyl halides is 2. The number of halogens is 2. The Morgan fingerprint density at radius 3 is 2.14 bits per heavy atom. The second-order valence-electron chi connectivity index (χ2n) is 13.1. The average molecular weight is 841 g/mol. The first-order chi connectivity index (χ1) is 28.4. The van der Waals surface area contributed by atoms with E-state index in [9.17, 15) is 18.8 Å². The number of nitrogens with one attached hydrogen (secondary N) is 2. The first-order valence-electron chi connectivity index (χ1n) is 18.3. The molecule has 2 amide bonds. The fraction of sp³-hybridized carbons (Fsp3) is 0.238. The number of nitrogens with zero attached hydrogens (tertiary/aromatic N) is 4. The minimum absolute atomic E-state index is 0.00643. The molecule has 5 aromatic rings. The molecular weight excluding hydrogens is 803 g/mol. The summed E-state index contributed by atoms with van der Waals surface area (Å²) in [7, 11) is 1.56. The molecule has 298 valence electrons. The molecular formula is C42H38ClFN6O6S2. The number of benzene rings is 4. The Labute approximate surface area is 347 Å². The molecule has 3 heterocycles. The lowest BCUT2D eigenvalue weighted by molar-refractivity contribution is -0.153. The van der Waals surface area contributed by atoms with E-state index in [1.54, 1.807) is 31.4 Å². The zero-order chi connectivity index (χ0) is 40.5. The van der Waals surface area contributed by atoms with Crippen LogP contribution in [0.3, 0.4) is 0 Å². The van der Waals surface area contributed by atoms with E-state index in [1.165, 1.54) is 16.7 Å². The summed E-state index contributed by atoms with van der Waals surface area (Å²) in [5.74, 6) is -1.10. The van der Waals surface area contributed by atoms with Crippen LogP contribution < -0.4 is 15.4 Å². The molecule has 0 spiro atoms. The van der Waals surface area contributed by atoms with Crippen LogP contribution >= 0.6 is 34.9 Å². The average Bonchev–Trinajstić information content (AvgIpc) is 3.74. The number of fused-ring (bicyclic) bond motifs is 1. The summed E-state index contributed by atoms with van der Waals surface area (Å²) in [6.07, 6.45) is 0.0464. The van der Waals surface area contributed by atoms with Crippen LogP contribution in [0.1, 0.15) is 34.5 Å². The van der Waals surface area contributed by atoms with Gasteiger partial charge >= 0.3 is 5.97 Å². The Morgan fingerprint density at radius 1 is 0.948 bits per heavy atom. The van der Waals surface area contributed by atoms with Gasteiger partial charge in [0.2, 0.25) is 16.7 Å². The molecule has 4 aromatic carbocycles. The largest absolute Gasteiger partial charge is 0.497 e. The number of carbonyl (C=O) groups is 3. The van der Waals surface area contributed by atoms with Crippen molar-refractivity contribution in [3.8, 4) is 5.75 Å². The topological polar surface area (TPSA) is 144 Å². The van der Waals surface area contributed by atoms with Gasteiger partial charge in [0.25, 0.3) is 11.8 Å². The van der Waals surface area contributed by atoms with E-state index in [1.807, 2.05) is 91.0 Å². The lowest BCUT2D eigenvalue weighted by Crippen LogP contribution is -2.71. The number of esters is 1. The number of carbonyl (C=O) groups excluding carboxylic acids is 3. The normalized spacial score (nSPS) is 16.6. The van der Waals surface area contributed by atoms with E-state index in [4.69, 9.17) is 30.9 Å². The number of hydrogen-bond acceptors (Lipinski definition) is 12. The molecule has 12 nitrogen and oxygen atoms in total. The lowest BCUT2D eigenvalue weighted by atomic mass is 9.77. The summed E-state index contributed by atoms with van der Waals surface area (Å²) in [4.78, 5) is 52.5. The van der Waals surface area contributed by atoms with Crippen molar-refractivity contribution in [1.29, 1.82) is 0 Å². The fourth-order valence-electron chi connectivity index (χ4n) is 6.65. The molecule has 1 fully saturated rings. The highest BCUT2D eigenvalue weighted by atomic mass is 35.5. The molecule has 2 aliphatic heterocycles. The summed E-state index contributed by atoms with van der Waals surface area (Å²) >= 11 is 8.59. The summed E-state index contributed by atoms with van der Waals surface area (Å²) < 4.78 is 28.3. The number of oxime groups is 1. The van der Waals surface area contributed by atoms with Crippen LogP contribution in [-0.2, 0) is 36.1 Å². The van der Waals surface area contributed by atoms with Crippen molar-refractivity contribution >= 4 is 63.5 Å². The maximum absolute atomic E-state index is 14.0. The molecule has 58 heavy (non-hydrogen) atoms. The van der Waals surface area contributed by atoms with E-state index in [0.29, 0.717) is 22.2 Å². The summed E-state index contributed by atoms with van der Waals surface area (Å²) in [6, 6.07) is 35.7. The van der Waals surface area contributed by atoms with Gasteiger partial charge < -0.3 is 24.9 Å². The van der Waals surface area contributed by atoms with Gasteiger partial charge in [-0.05, 0) is 40.0 Å². The van der Waals surface area contributed by atoms with Gasteiger partial charge in [-0.2, -0.15) is 9.36 Å². The van der Waals surface area contributed by atoms with Crippen LogP contribution in [0, 0.1) is 0 Å². The van der Waals surface area contributed by atoms with Crippen LogP contribution in [0.2, 0.25) is 0 Å². The lowest BCUT2D eigenvalue weighted by Gasteiger charge is -2.49. The first kappa shape index (κ1) is 40.4. The Hall–Kier alpha value is -5.77. The number of ether oxygens (including phenoxy) is 2. The van der Waals surface area contributed by atoms with Gasteiger partial charge in [0.05, 0.1) is 13.8 Å².